The fourth-order valence-corrected chi connectivity index (χ4v) is 2.55. The van der Waals surface area contributed by atoms with Gasteiger partial charge in [-0.15, -0.1) is 0 Å². The molecule has 108 valence electrons. The molecular weight excluding hydrogens is 256 g/mol. The number of hydrogen-bond donors (Lipinski definition) is 2. The van der Waals surface area contributed by atoms with Crippen LogP contribution in [0.3, 0.4) is 0 Å². The van der Waals surface area contributed by atoms with Gasteiger partial charge in [-0.25, -0.2) is 4.79 Å². The molecule has 0 bridgehead atoms. The first-order chi connectivity index (χ1) is 9.58. The molecule has 20 heavy (non-hydrogen) atoms. The summed E-state index contributed by atoms with van der Waals surface area (Å²) in [6, 6.07) is 8.16. The number of nitrogens with one attached hydrogen (secondary N) is 1. The Kier molecular flexibility index (Phi) is 4.74. The summed E-state index contributed by atoms with van der Waals surface area (Å²) in [5.74, 6) is -1.28. The Balaban J connectivity index is 1.98. The molecule has 0 aliphatic carbocycles. The highest BCUT2D eigenvalue weighted by molar-refractivity contribution is 5.85. The Morgan fingerprint density at radius 1 is 1.40 bits per heavy atom. The predicted octanol–water partition coefficient (Wildman–Crippen LogP) is 1.41. The van der Waals surface area contributed by atoms with Gasteiger partial charge in [0, 0.05) is 6.04 Å². The largest absolute Gasteiger partial charge is 0.479 e. The highest BCUT2D eigenvalue weighted by Gasteiger charge is 2.26. The third-order valence-electron chi connectivity index (χ3n) is 3.72. The number of carboxylic acids is 1. The molecule has 1 fully saturated rings. The first kappa shape index (κ1) is 14.5. The number of rotatable bonds is 5. The Bertz CT molecular complexity index is 475. The Hall–Kier alpha value is -1.88. The average Bonchev–Trinajstić information content (AvgIpc) is 2.82. The van der Waals surface area contributed by atoms with Gasteiger partial charge in [0.1, 0.15) is 0 Å². The molecule has 0 radical (unpaired) electrons. The molecule has 1 heterocycles. The van der Waals surface area contributed by atoms with Crippen LogP contribution in [0.1, 0.15) is 31.4 Å². The van der Waals surface area contributed by atoms with E-state index in [0.29, 0.717) is 11.6 Å². The zero-order valence-corrected chi connectivity index (χ0v) is 11.6. The van der Waals surface area contributed by atoms with Crippen molar-refractivity contribution in [1.82, 2.24) is 10.2 Å². The first-order valence-electron chi connectivity index (χ1n) is 6.89. The second-order valence-electron chi connectivity index (χ2n) is 5.21. The van der Waals surface area contributed by atoms with E-state index < -0.39 is 12.0 Å². The summed E-state index contributed by atoms with van der Waals surface area (Å²) in [4.78, 5) is 25.4. The Morgan fingerprint density at radius 2 is 2.10 bits per heavy atom. The third-order valence-corrected chi connectivity index (χ3v) is 3.72. The number of amides is 1. The fourth-order valence-electron chi connectivity index (χ4n) is 2.55. The summed E-state index contributed by atoms with van der Waals surface area (Å²) in [5, 5.41) is 11.9. The Morgan fingerprint density at radius 3 is 2.65 bits per heavy atom. The smallest absolute Gasteiger partial charge is 0.330 e. The molecule has 1 aliphatic heterocycles. The highest BCUT2D eigenvalue weighted by atomic mass is 16.4. The molecule has 1 saturated heterocycles. The van der Waals surface area contributed by atoms with Gasteiger partial charge in [-0.3, -0.25) is 9.69 Å². The van der Waals surface area contributed by atoms with Crippen LogP contribution in [0.4, 0.5) is 0 Å². The number of nitrogens with zero attached hydrogens (tertiary/aromatic N) is 1. The van der Waals surface area contributed by atoms with E-state index in [2.05, 4.69) is 17.1 Å². The third kappa shape index (κ3) is 3.57. The van der Waals surface area contributed by atoms with Crippen molar-refractivity contribution < 1.29 is 14.7 Å². The van der Waals surface area contributed by atoms with Crippen LogP contribution in [0.25, 0.3) is 0 Å². The zero-order valence-electron chi connectivity index (χ0n) is 11.6. The SMILES string of the molecule is C[C@H]1CCCN1CC(=O)N[C@@H](C(=O)O)c1ccccc1. The van der Waals surface area contributed by atoms with E-state index >= 15 is 0 Å². The molecule has 1 aromatic carbocycles. The monoisotopic (exact) mass is 276 g/mol. The predicted molar refractivity (Wildman–Crippen MR) is 75.2 cm³/mol. The molecular formula is C15H20N2O3. The minimum absolute atomic E-state index is 0.241. The van der Waals surface area contributed by atoms with Gasteiger partial charge in [0.25, 0.3) is 0 Å². The quantitative estimate of drug-likeness (QED) is 0.853. The van der Waals surface area contributed by atoms with Crippen molar-refractivity contribution in [3.05, 3.63) is 35.9 Å². The van der Waals surface area contributed by atoms with Gasteiger partial charge in [-0.05, 0) is 31.9 Å². The Labute approximate surface area is 118 Å². The molecule has 2 rings (SSSR count). The lowest BCUT2D eigenvalue weighted by Gasteiger charge is -2.22. The van der Waals surface area contributed by atoms with Crippen LogP contribution in [-0.4, -0.2) is 41.0 Å². The van der Waals surface area contributed by atoms with Crippen LogP contribution < -0.4 is 5.32 Å². The van der Waals surface area contributed by atoms with E-state index in [1.807, 2.05) is 6.07 Å². The van der Waals surface area contributed by atoms with Crippen LogP contribution in [0.5, 0.6) is 0 Å². The first-order valence-corrected chi connectivity index (χ1v) is 6.89. The summed E-state index contributed by atoms with van der Waals surface area (Å²) >= 11 is 0. The molecule has 2 atom stereocenters. The molecule has 1 amide bonds. The van der Waals surface area contributed by atoms with E-state index in [4.69, 9.17) is 0 Å². The van der Waals surface area contributed by atoms with Crippen molar-refractivity contribution in [1.29, 1.82) is 0 Å². The molecule has 5 heteroatoms. The van der Waals surface area contributed by atoms with Crippen molar-refractivity contribution in [3.63, 3.8) is 0 Å². The zero-order chi connectivity index (χ0) is 14.5. The molecule has 1 aliphatic rings. The maximum Gasteiger partial charge on any atom is 0.330 e. The van der Waals surface area contributed by atoms with Gasteiger partial charge in [-0.2, -0.15) is 0 Å². The lowest BCUT2D eigenvalue weighted by molar-refractivity contribution is -0.142. The van der Waals surface area contributed by atoms with Crippen molar-refractivity contribution >= 4 is 11.9 Å². The summed E-state index contributed by atoms with van der Waals surface area (Å²) in [5.41, 5.74) is 0.586. The van der Waals surface area contributed by atoms with Crippen molar-refractivity contribution in [2.24, 2.45) is 0 Å². The van der Waals surface area contributed by atoms with Crippen LogP contribution >= 0.6 is 0 Å². The number of hydrogen-bond acceptors (Lipinski definition) is 3. The lowest BCUT2D eigenvalue weighted by Crippen LogP contribution is -2.42. The van der Waals surface area contributed by atoms with Gasteiger partial charge in [0.2, 0.25) is 5.91 Å². The molecule has 1 aromatic rings. The minimum Gasteiger partial charge on any atom is -0.479 e. The molecule has 0 saturated carbocycles. The number of aliphatic carboxylic acids is 1. The molecule has 2 N–H and O–H groups in total. The average molecular weight is 276 g/mol. The van der Waals surface area contributed by atoms with Gasteiger partial charge >= 0.3 is 5.97 Å². The second-order valence-corrected chi connectivity index (χ2v) is 5.21. The van der Waals surface area contributed by atoms with Crippen LogP contribution in [0, 0.1) is 0 Å². The topological polar surface area (TPSA) is 69.6 Å². The van der Waals surface area contributed by atoms with Crippen molar-refractivity contribution in [3.8, 4) is 0 Å². The van der Waals surface area contributed by atoms with E-state index in [0.717, 1.165) is 19.4 Å². The van der Waals surface area contributed by atoms with Crippen LogP contribution in [0.2, 0.25) is 0 Å². The van der Waals surface area contributed by atoms with Crippen molar-refractivity contribution in [2.45, 2.75) is 31.8 Å². The lowest BCUT2D eigenvalue weighted by atomic mass is 10.1. The van der Waals surface area contributed by atoms with Crippen LogP contribution in [0.15, 0.2) is 30.3 Å². The second kappa shape index (κ2) is 6.52. The summed E-state index contributed by atoms with van der Waals surface area (Å²) in [7, 11) is 0. The maximum absolute atomic E-state index is 12.0. The van der Waals surface area contributed by atoms with Gasteiger partial charge in [0.05, 0.1) is 6.54 Å². The molecule has 0 spiro atoms. The number of carbonyl (C=O) groups is 2. The van der Waals surface area contributed by atoms with Crippen molar-refractivity contribution in [2.75, 3.05) is 13.1 Å². The van der Waals surface area contributed by atoms with Gasteiger partial charge < -0.3 is 10.4 Å². The van der Waals surface area contributed by atoms with Gasteiger partial charge in [-0.1, -0.05) is 30.3 Å². The number of carboxylic acid groups (broad SMARTS) is 1. The minimum atomic E-state index is -1.04. The number of benzene rings is 1. The van der Waals surface area contributed by atoms with E-state index in [9.17, 15) is 14.7 Å². The van der Waals surface area contributed by atoms with Crippen LogP contribution in [-0.2, 0) is 9.59 Å². The normalized spacial score (nSPS) is 20.6. The number of carbonyl (C=O) groups excluding carboxylic acids is 1. The molecule has 5 nitrogen and oxygen atoms in total. The highest BCUT2D eigenvalue weighted by Crippen LogP contribution is 2.16. The van der Waals surface area contributed by atoms with Gasteiger partial charge in [0.15, 0.2) is 6.04 Å². The van der Waals surface area contributed by atoms with E-state index in [-0.39, 0.29) is 12.5 Å². The maximum atomic E-state index is 12.0. The number of likely N-dealkylation sites (tertiary alicyclic amines) is 1. The fraction of sp³-hybridized carbons (Fsp3) is 0.467. The summed E-state index contributed by atoms with van der Waals surface area (Å²) in [6.07, 6.45) is 2.18. The molecule has 0 unspecified atom stereocenters. The standard InChI is InChI=1S/C15H20N2O3/c1-11-6-5-9-17(11)10-13(18)16-14(15(19)20)12-7-3-2-4-8-12/h2-4,7-8,11,14H,5-6,9-10H2,1H3,(H,16,18)(H,19,20)/t11-,14+/m0/s1. The van der Waals surface area contributed by atoms with E-state index in [1.54, 1.807) is 24.3 Å². The summed E-state index contributed by atoms with van der Waals surface area (Å²) in [6.45, 7) is 3.25. The van der Waals surface area contributed by atoms with E-state index in [1.165, 1.54) is 0 Å². The molecule has 0 aromatic heterocycles. The summed E-state index contributed by atoms with van der Waals surface area (Å²) < 4.78 is 0.